The van der Waals surface area contributed by atoms with Gasteiger partial charge >= 0.3 is 5.69 Å². The highest BCUT2D eigenvalue weighted by molar-refractivity contribution is 5.68. The zero-order valence-electron chi connectivity index (χ0n) is 11.5. The number of ether oxygens (including phenoxy) is 1. The highest BCUT2D eigenvalue weighted by Crippen LogP contribution is 2.35. The van der Waals surface area contributed by atoms with E-state index in [4.69, 9.17) is 4.74 Å². The highest BCUT2D eigenvalue weighted by Gasteiger charge is 2.23. The number of rotatable bonds is 5. The second kappa shape index (κ2) is 6.56. The Labute approximate surface area is 117 Å². The van der Waals surface area contributed by atoms with E-state index >= 15 is 0 Å². The SMILES string of the molecule is COc1cccc(NCC2CCCC(O)C2)c1[N+](=O)[O-]. The summed E-state index contributed by atoms with van der Waals surface area (Å²) in [6, 6.07) is 4.98. The summed E-state index contributed by atoms with van der Waals surface area (Å²) >= 11 is 0. The molecular weight excluding hydrogens is 260 g/mol. The van der Waals surface area contributed by atoms with Crippen LogP contribution in [0.2, 0.25) is 0 Å². The second-order valence-corrected chi connectivity index (χ2v) is 5.18. The summed E-state index contributed by atoms with van der Waals surface area (Å²) in [7, 11) is 1.42. The molecule has 1 aromatic carbocycles. The molecule has 1 fully saturated rings. The molecule has 1 aliphatic rings. The minimum Gasteiger partial charge on any atom is -0.490 e. The topological polar surface area (TPSA) is 84.6 Å². The van der Waals surface area contributed by atoms with Gasteiger partial charge in [0.2, 0.25) is 0 Å². The van der Waals surface area contributed by atoms with E-state index in [9.17, 15) is 15.2 Å². The maximum absolute atomic E-state index is 11.2. The van der Waals surface area contributed by atoms with Gasteiger partial charge < -0.3 is 15.2 Å². The van der Waals surface area contributed by atoms with Crippen molar-refractivity contribution in [2.24, 2.45) is 5.92 Å². The number of aliphatic hydroxyl groups excluding tert-OH is 1. The standard InChI is InChI=1S/C14H20N2O4/c1-20-13-7-3-6-12(14(13)16(18)19)15-9-10-4-2-5-11(17)8-10/h3,6-7,10-11,15,17H,2,4-5,8-9H2,1H3. The van der Waals surface area contributed by atoms with Crippen LogP contribution in [-0.4, -0.2) is 29.8 Å². The number of methoxy groups -OCH3 is 1. The van der Waals surface area contributed by atoms with E-state index in [-0.39, 0.29) is 17.5 Å². The van der Waals surface area contributed by atoms with Crippen LogP contribution in [0.4, 0.5) is 11.4 Å². The zero-order chi connectivity index (χ0) is 14.5. The average molecular weight is 280 g/mol. The van der Waals surface area contributed by atoms with Crippen molar-refractivity contribution in [3.63, 3.8) is 0 Å². The number of para-hydroxylation sites is 1. The molecule has 1 aromatic rings. The molecule has 6 nitrogen and oxygen atoms in total. The number of nitro benzene ring substituents is 1. The number of hydrogen-bond donors (Lipinski definition) is 2. The summed E-state index contributed by atoms with van der Waals surface area (Å²) < 4.78 is 5.03. The first-order chi connectivity index (χ1) is 9.61. The Balaban J connectivity index is 2.07. The van der Waals surface area contributed by atoms with Crippen LogP contribution in [0.3, 0.4) is 0 Å². The number of benzene rings is 1. The summed E-state index contributed by atoms with van der Waals surface area (Å²) in [4.78, 5) is 10.7. The fraction of sp³-hybridized carbons (Fsp3) is 0.571. The molecule has 20 heavy (non-hydrogen) atoms. The maximum atomic E-state index is 11.2. The van der Waals surface area contributed by atoms with Crippen molar-refractivity contribution in [2.75, 3.05) is 19.0 Å². The number of nitro groups is 1. The van der Waals surface area contributed by atoms with E-state index in [0.29, 0.717) is 18.2 Å². The average Bonchev–Trinajstić information content (AvgIpc) is 2.44. The predicted molar refractivity (Wildman–Crippen MR) is 76.1 cm³/mol. The van der Waals surface area contributed by atoms with Crippen molar-refractivity contribution in [1.82, 2.24) is 0 Å². The highest BCUT2D eigenvalue weighted by atomic mass is 16.6. The van der Waals surface area contributed by atoms with Crippen molar-refractivity contribution < 1.29 is 14.8 Å². The Bertz CT molecular complexity index is 478. The van der Waals surface area contributed by atoms with Crippen LogP contribution >= 0.6 is 0 Å². The third kappa shape index (κ3) is 3.39. The first-order valence-electron chi connectivity index (χ1n) is 6.85. The normalized spacial score (nSPS) is 22.3. The van der Waals surface area contributed by atoms with Crippen LogP contribution in [-0.2, 0) is 0 Å². The lowest BCUT2D eigenvalue weighted by atomic mass is 9.87. The first-order valence-corrected chi connectivity index (χ1v) is 6.85. The van der Waals surface area contributed by atoms with Gasteiger partial charge in [0.25, 0.3) is 0 Å². The number of anilines is 1. The van der Waals surface area contributed by atoms with Crippen LogP contribution in [0.1, 0.15) is 25.7 Å². The third-order valence-electron chi connectivity index (χ3n) is 3.74. The molecule has 0 bridgehead atoms. The van der Waals surface area contributed by atoms with Crippen molar-refractivity contribution in [3.8, 4) is 5.75 Å². The molecule has 0 aromatic heterocycles. The lowest BCUT2D eigenvalue weighted by molar-refractivity contribution is -0.384. The zero-order valence-corrected chi connectivity index (χ0v) is 11.5. The van der Waals surface area contributed by atoms with Gasteiger partial charge in [-0.3, -0.25) is 10.1 Å². The van der Waals surface area contributed by atoms with Crippen molar-refractivity contribution in [2.45, 2.75) is 31.8 Å². The fourth-order valence-electron chi connectivity index (χ4n) is 2.72. The molecular formula is C14H20N2O4. The van der Waals surface area contributed by atoms with E-state index in [2.05, 4.69) is 5.32 Å². The summed E-state index contributed by atoms with van der Waals surface area (Å²) in [6.07, 6.45) is 3.42. The molecule has 2 unspecified atom stereocenters. The van der Waals surface area contributed by atoms with Crippen molar-refractivity contribution in [3.05, 3.63) is 28.3 Å². The van der Waals surface area contributed by atoms with E-state index < -0.39 is 4.92 Å². The van der Waals surface area contributed by atoms with Crippen LogP contribution in [0.25, 0.3) is 0 Å². The summed E-state index contributed by atoms with van der Waals surface area (Å²) in [5.74, 6) is 0.605. The molecule has 1 aliphatic carbocycles. The minimum atomic E-state index is -0.434. The molecule has 2 N–H and O–H groups in total. The summed E-state index contributed by atoms with van der Waals surface area (Å²) in [5.41, 5.74) is 0.431. The van der Waals surface area contributed by atoms with Gasteiger partial charge in [-0.2, -0.15) is 0 Å². The van der Waals surface area contributed by atoms with Gasteiger partial charge in [0.05, 0.1) is 18.1 Å². The van der Waals surface area contributed by atoms with Gasteiger partial charge in [0.15, 0.2) is 5.75 Å². The van der Waals surface area contributed by atoms with Gasteiger partial charge in [0, 0.05) is 6.54 Å². The largest absolute Gasteiger partial charge is 0.490 e. The molecule has 1 saturated carbocycles. The second-order valence-electron chi connectivity index (χ2n) is 5.18. The number of hydrogen-bond acceptors (Lipinski definition) is 5. The van der Waals surface area contributed by atoms with E-state index in [0.717, 1.165) is 25.7 Å². The Hall–Kier alpha value is -1.82. The lowest BCUT2D eigenvalue weighted by Crippen LogP contribution is -2.25. The van der Waals surface area contributed by atoms with Crippen molar-refractivity contribution >= 4 is 11.4 Å². The lowest BCUT2D eigenvalue weighted by Gasteiger charge is -2.26. The molecule has 0 saturated heterocycles. The van der Waals surface area contributed by atoms with E-state index in [1.807, 2.05) is 0 Å². The maximum Gasteiger partial charge on any atom is 0.333 e. The summed E-state index contributed by atoms with van der Waals surface area (Å²) in [6.45, 7) is 0.630. The Morgan fingerprint density at radius 3 is 2.95 bits per heavy atom. The first kappa shape index (κ1) is 14.6. The monoisotopic (exact) mass is 280 g/mol. The molecule has 0 amide bonds. The predicted octanol–water partition coefficient (Wildman–Crippen LogP) is 2.57. The van der Waals surface area contributed by atoms with Gasteiger partial charge in [0.1, 0.15) is 5.69 Å². The smallest absolute Gasteiger partial charge is 0.333 e. The van der Waals surface area contributed by atoms with Crippen LogP contribution in [0, 0.1) is 16.0 Å². The Morgan fingerprint density at radius 2 is 2.30 bits per heavy atom. The number of nitrogens with one attached hydrogen (secondary N) is 1. The van der Waals surface area contributed by atoms with Gasteiger partial charge in [-0.15, -0.1) is 0 Å². The fourth-order valence-corrected chi connectivity index (χ4v) is 2.72. The molecule has 2 atom stereocenters. The quantitative estimate of drug-likeness (QED) is 0.639. The molecule has 0 aliphatic heterocycles. The summed E-state index contributed by atoms with van der Waals surface area (Å²) in [5, 5.41) is 23.9. The molecule has 6 heteroatoms. The molecule has 2 rings (SSSR count). The van der Waals surface area contributed by atoms with Gasteiger partial charge in [-0.05, 0) is 37.3 Å². The van der Waals surface area contributed by atoms with Crippen LogP contribution in [0.5, 0.6) is 5.75 Å². The molecule has 0 radical (unpaired) electrons. The van der Waals surface area contributed by atoms with E-state index in [1.165, 1.54) is 7.11 Å². The number of aliphatic hydroxyl groups is 1. The van der Waals surface area contributed by atoms with Gasteiger partial charge in [-0.1, -0.05) is 12.5 Å². The van der Waals surface area contributed by atoms with Crippen molar-refractivity contribution in [1.29, 1.82) is 0 Å². The third-order valence-corrected chi connectivity index (χ3v) is 3.74. The molecule has 0 spiro atoms. The molecule has 110 valence electrons. The minimum absolute atomic E-state index is 0.0358. The molecule has 0 heterocycles. The van der Waals surface area contributed by atoms with Gasteiger partial charge in [-0.25, -0.2) is 0 Å². The van der Waals surface area contributed by atoms with Crippen LogP contribution in [0.15, 0.2) is 18.2 Å². The Morgan fingerprint density at radius 1 is 1.50 bits per heavy atom. The van der Waals surface area contributed by atoms with Crippen LogP contribution < -0.4 is 10.1 Å². The Kier molecular flexibility index (Phi) is 4.79. The number of nitrogens with zero attached hydrogens (tertiary/aromatic N) is 1. The van der Waals surface area contributed by atoms with E-state index in [1.54, 1.807) is 18.2 Å².